The van der Waals surface area contributed by atoms with E-state index in [1.165, 1.54) is 13.0 Å². The summed E-state index contributed by atoms with van der Waals surface area (Å²) in [6.07, 6.45) is -4.92. The summed E-state index contributed by atoms with van der Waals surface area (Å²) < 4.78 is 64.2. The SMILES string of the molecule is CC(c1ccc(F)c(F)c1)N(C)C(=O)C(C)(N)C(F)(F)F. The van der Waals surface area contributed by atoms with Crippen LogP contribution in [0.15, 0.2) is 18.2 Å². The number of hydrogen-bond donors (Lipinski definition) is 1. The van der Waals surface area contributed by atoms with Crippen molar-refractivity contribution in [2.24, 2.45) is 5.73 Å². The van der Waals surface area contributed by atoms with Gasteiger partial charge in [0, 0.05) is 7.05 Å². The van der Waals surface area contributed by atoms with Crippen molar-refractivity contribution in [2.75, 3.05) is 7.05 Å². The topological polar surface area (TPSA) is 46.3 Å². The Morgan fingerprint density at radius 3 is 2.19 bits per heavy atom. The summed E-state index contributed by atoms with van der Waals surface area (Å²) in [7, 11) is 1.12. The predicted molar refractivity (Wildman–Crippen MR) is 66.2 cm³/mol. The molecule has 0 bridgehead atoms. The molecular weight excluding hydrogens is 295 g/mol. The van der Waals surface area contributed by atoms with Crippen LogP contribution in [0.1, 0.15) is 25.5 Å². The van der Waals surface area contributed by atoms with Crippen LogP contribution in [0.25, 0.3) is 0 Å². The minimum Gasteiger partial charge on any atom is -0.337 e. The minimum atomic E-state index is -4.92. The molecule has 1 amide bonds. The maximum absolute atomic E-state index is 13.1. The van der Waals surface area contributed by atoms with E-state index in [4.69, 9.17) is 5.73 Å². The number of amides is 1. The van der Waals surface area contributed by atoms with Gasteiger partial charge in [0.1, 0.15) is 0 Å². The number of carbonyl (C=O) groups is 1. The van der Waals surface area contributed by atoms with E-state index in [-0.39, 0.29) is 5.56 Å². The van der Waals surface area contributed by atoms with Gasteiger partial charge in [0.15, 0.2) is 17.2 Å². The van der Waals surface area contributed by atoms with E-state index in [1.54, 1.807) is 0 Å². The van der Waals surface area contributed by atoms with Gasteiger partial charge in [0.2, 0.25) is 0 Å². The summed E-state index contributed by atoms with van der Waals surface area (Å²) in [5.74, 6) is -3.60. The van der Waals surface area contributed by atoms with Gasteiger partial charge in [-0.25, -0.2) is 8.78 Å². The lowest BCUT2D eigenvalue weighted by atomic mass is 9.99. The molecule has 1 aromatic carbocycles. The van der Waals surface area contributed by atoms with Crippen LogP contribution < -0.4 is 5.73 Å². The Labute approximate surface area is 118 Å². The van der Waals surface area contributed by atoms with Crippen molar-refractivity contribution in [3.63, 3.8) is 0 Å². The summed E-state index contributed by atoms with van der Waals surface area (Å²) >= 11 is 0. The first-order valence-corrected chi connectivity index (χ1v) is 5.97. The lowest BCUT2D eigenvalue weighted by Gasteiger charge is -2.34. The van der Waals surface area contributed by atoms with Crippen molar-refractivity contribution in [3.05, 3.63) is 35.4 Å². The van der Waals surface area contributed by atoms with E-state index in [0.29, 0.717) is 6.92 Å². The van der Waals surface area contributed by atoms with E-state index < -0.39 is 35.3 Å². The number of alkyl halides is 3. The molecule has 0 fully saturated rings. The van der Waals surface area contributed by atoms with Crippen molar-refractivity contribution >= 4 is 5.91 Å². The van der Waals surface area contributed by atoms with E-state index in [9.17, 15) is 26.7 Å². The Kier molecular flexibility index (Phi) is 4.62. The smallest absolute Gasteiger partial charge is 0.337 e. The number of halogens is 5. The number of nitrogens with zero attached hydrogens (tertiary/aromatic N) is 1. The summed E-state index contributed by atoms with van der Waals surface area (Å²) in [6, 6.07) is 1.95. The molecule has 0 saturated carbocycles. The first-order chi connectivity index (χ1) is 9.39. The second-order valence-electron chi connectivity index (χ2n) is 4.97. The van der Waals surface area contributed by atoms with Crippen molar-refractivity contribution in [2.45, 2.75) is 31.6 Å². The average molecular weight is 310 g/mol. The number of likely N-dealkylation sites (N-methyl/N-ethyl adjacent to an activating group) is 1. The lowest BCUT2D eigenvalue weighted by Crippen LogP contribution is -2.61. The average Bonchev–Trinajstić information content (AvgIpc) is 2.38. The second kappa shape index (κ2) is 5.59. The Hall–Kier alpha value is -1.70. The molecule has 0 aliphatic rings. The summed E-state index contributed by atoms with van der Waals surface area (Å²) in [5, 5.41) is 0. The van der Waals surface area contributed by atoms with Crippen molar-refractivity contribution in [3.8, 4) is 0 Å². The molecular formula is C13H15F5N2O. The molecule has 1 rings (SSSR count). The van der Waals surface area contributed by atoms with Gasteiger partial charge in [-0.05, 0) is 31.5 Å². The van der Waals surface area contributed by atoms with Crippen LogP contribution in [0.3, 0.4) is 0 Å². The normalized spacial score (nSPS) is 16.2. The maximum atomic E-state index is 13.1. The van der Waals surface area contributed by atoms with Crippen LogP contribution in [-0.2, 0) is 4.79 Å². The van der Waals surface area contributed by atoms with Gasteiger partial charge in [-0.3, -0.25) is 4.79 Å². The number of benzene rings is 1. The predicted octanol–water partition coefficient (Wildman–Crippen LogP) is 2.76. The Morgan fingerprint density at radius 1 is 1.24 bits per heavy atom. The summed E-state index contributed by atoms with van der Waals surface area (Å²) in [4.78, 5) is 12.6. The molecule has 0 spiro atoms. The molecule has 0 radical (unpaired) electrons. The van der Waals surface area contributed by atoms with Crippen molar-refractivity contribution in [1.82, 2.24) is 4.90 Å². The van der Waals surface area contributed by atoms with Crippen LogP contribution in [0.5, 0.6) is 0 Å². The zero-order chi connectivity index (χ0) is 16.6. The van der Waals surface area contributed by atoms with E-state index >= 15 is 0 Å². The van der Waals surface area contributed by atoms with Crippen LogP contribution in [0, 0.1) is 11.6 Å². The van der Waals surface area contributed by atoms with E-state index in [2.05, 4.69) is 0 Å². The molecule has 2 atom stereocenters. The molecule has 0 aliphatic heterocycles. The molecule has 8 heteroatoms. The molecule has 2 N–H and O–H groups in total. The van der Waals surface area contributed by atoms with Crippen LogP contribution in [-0.4, -0.2) is 29.6 Å². The highest BCUT2D eigenvalue weighted by Gasteiger charge is 2.55. The fraction of sp³-hybridized carbons (Fsp3) is 0.462. The molecule has 118 valence electrons. The Balaban J connectivity index is 3.04. The Bertz CT molecular complexity index is 542. The van der Waals surface area contributed by atoms with Gasteiger partial charge in [0.05, 0.1) is 6.04 Å². The molecule has 0 heterocycles. The minimum absolute atomic E-state index is 0.155. The summed E-state index contributed by atoms with van der Waals surface area (Å²) in [6.45, 7) is 1.95. The number of nitrogens with two attached hydrogens (primary N) is 1. The number of carbonyl (C=O) groups excluding carboxylic acids is 1. The molecule has 3 nitrogen and oxygen atoms in total. The van der Waals surface area contributed by atoms with Crippen molar-refractivity contribution in [1.29, 1.82) is 0 Å². The van der Waals surface area contributed by atoms with Gasteiger partial charge in [-0.2, -0.15) is 13.2 Å². The van der Waals surface area contributed by atoms with Gasteiger partial charge in [0.25, 0.3) is 5.91 Å². The number of hydrogen-bond acceptors (Lipinski definition) is 2. The fourth-order valence-corrected chi connectivity index (χ4v) is 1.66. The molecule has 0 saturated heterocycles. The molecule has 21 heavy (non-hydrogen) atoms. The molecule has 2 unspecified atom stereocenters. The zero-order valence-corrected chi connectivity index (χ0v) is 11.6. The van der Waals surface area contributed by atoms with Gasteiger partial charge in [-0.15, -0.1) is 0 Å². The van der Waals surface area contributed by atoms with Crippen molar-refractivity contribution < 1.29 is 26.7 Å². The summed E-state index contributed by atoms with van der Waals surface area (Å²) in [5.41, 5.74) is 2.15. The monoisotopic (exact) mass is 310 g/mol. The van der Waals surface area contributed by atoms with Crippen LogP contribution >= 0.6 is 0 Å². The highest BCUT2D eigenvalue weighted by Crippen LogP contribution is 2.31. The molecule has 0 aliphatic carbocycles. The second-order valence-corrected chi connectivity index (χ2v) is 4.97. The zero-order valence-electron chi connectivity index (χ0n) is 11.6. The quantitative estimate of drug-likeness (QED) is 0.873. The molecule has 1 aromatic rings. The van der Waals surface area contributed by atoms with Crippen LogP contribution in [0.4, 0.5) is 22.0 Å². The number of rotatable bonds is 3. The van der Waals surface area contributed by atoms with Crippen LogP contribution in [0.2, 0.25) is 0 Å². The molecule has 0 aromatic heterocycles. The highest BCUT2D eigenvalue weighted by atomic mass is 19.4. The third-order valence-corrected chi connectivity index (χ3v) is 3.36. The standard InChI is InChI=1S/C13H15F5N2O/c1-7(8-4-5-9(14)10(15)6-8)20(3)11(21)12(2,19)13(16,17)18/h4-7H,19H2,1-3H3. The maximum Gasteiger partial charge on any atom is 0.415 e. The Morgan fingerprint density at radius 2 is 1.76 bits per heavy atom. The van der Waals surface area contributed by atoms with Gasteiger partial charge in [-0.1, -0.05) is 6.07 Å². The van der Waals surface area contributed by atoms with E-state index in [1.807, 2.05) is 0 Å². The largest absolute Gasteiger partial charge is 0.415 e. The third kappa shape index (κ3) is 3.31. The first-order valence-electron chi connectivity index (χ1n) is 5.97. The third-order valence-electron chi connectivity index (χ3n) is 3.36. The van der Waals surface area contributed by atoms with Gasteiger partial charge < -0.3 is 10.6 Å². The highest BCUT2D eigenvalue weighted by molar-refractivity contribution is 5.86. The van der Waals surface area contributed by atoms with Gasteiger partial charge >= 0.3 is 6.18 Å². The van der Waals surface area contributed by atoms with E-state index in [0.717, 1.165) is 24.1 Å². The lowest BCUT2D eigenvalue weighted by molar-refractivity contribution is -0.194. The first kappa shape index (κ1) is 17.4. The fourth-order valence-electron chi connectivity index (χ4n) is 1.66.